The van der Waals surface area contributed by atoms with Crippen molar-refractivity contribution in [3.05, 3.63) is 28.5 Å². The van der Waals surface area contributed by atoms with E-state index in [1.54, 1.807) is 0 Å². The summed E-state index contributed by atoms with van der Waals surface area (Å²) in [4.78, 5) is 4.47. The topological polar surface area (TPSA) is 46.5 Å². The van der Waals surface area contributed by atoms with Crippen LogP contribution in [0.25, 0.3) is 22.1 Å². The van der Waals surface area contributed by atoms with Crippen LogP contribution in [0.15, 0.2) is 18.2 Å². The van der Waals surface area contributed by atoms with Crippen LogP contribution in [0.5, 0.6) is 0 Å². The number of benzene rings is 1. The molecule has 19 heavy (non-hydrogen) atoms. The van der Waals surface area contributed by atoms with E-state index in [9.17, 15) is 0 Å². The lowest BCUT2D eigenvalue weighted by atomic mass is 10.1. The Morgan fingerprint density at radius 1 is 1.37 bits per heavy atom. The van der Waals surface area contributed by atoms with Crippen molar-refractivity contribution < 1.29 is 0 Å². The van der Waals surface area contributed by atoms with Gasteiger partial charge in [-0.25, -0.2) is 0 Å². The number of aryl methyl sites for hydroxylation is 2. The fourth-order valence-corrected chi connectivity index (χ4v) is 2.68. The van der Waals surface area contributed by atoms with E-state index in [-0.39, 0.29) is 0 Å². The molecule has 0 unspecified atom stereocenters. The van der Waals surface area contributed by atoms with Crippen LogP contribution in [0.1, 0.15) is 25.3 Å². The normalized spacial score (nSPS) is 11.5. The van der Waals surface area contributed by atoms with E-state index in [4.69, 9.17) is 12.2 Å². The second kappa shape index (κ2) is 4.74. The zero-order chi connectivity index (χ0) is 13.4. The molecule has 0 aliphatic carbocycles. The fourth-order valence-electron chi connectivity index (χ4n) is 2.54. The average molecular weight is 272 g/mol. The molecule has 1 N–H and O–H groups in total. The van der Waals surface area contributed by atoms with Gasteiger partial charge in [0.05, 0.1) is 5.52 Å². The maximum atomic E-state index is 5.11. The first-order chi connectivity index (χ1) is 9.22. The molecule has 0 bridgehead atoms. The average Bonchev–Trinajstić information content (AvgIpc) is 2.71. The highest BCUT2D eigenvalue weighted by molar-refractivity contribution is 7.71. The highest BCUT2D eigenvalue weighted by atomic mass is 32.1. The molecule has 3 aromatic rings. The molecule has 0 saturated heterocycles. The maximum absolute atomic E-state index is 5.11. The third-order valence-corrected chi connectivity index (χ3v) is 3.62. The van der Waals surface area contributed by atoms with Crippen molar-refractivity contribution in [3.8, 4) is 0 Å². The first kappa shape index (κ1) is 12.3. The van der Waals surface area contributed by atoms with Crippen molar-refractivity contribution in [2.45, 2.75) is 33.2 Å². The molecule has 2 aromatic heterocycles. The number of hydrogen-bond acceptors (Lipinski definition) is 3. The molecule has 0 radical (unpaired) electrons. The van der Waals surface area contributed by atoms with Gasteiger partial charge < -0.3 is 4.57 Å². The number of para-hydroxylation sites is 1. The van der Waals surface area contributed by atoms with E-state index in [0.29, 0.717) is 4.77 Å². The number of rotatable bonds is 3. The number of aromatic amines is 1. The van der Waals surface area contributed by atoms with E-state index in [0.717, 1.165) is 35.9 Å². The number of aromatic nitrogens is 4. The lowest BCUT2D eigenvalue weighted by Gasteiger charge is -2.06. The summed E-state index contributed by atoms with van der Waals surface area (Å²) < 4.78 is 2.69. The lowest BCUT2D eigenvalue weighted by Crippen LogP contribution is -2.00. The zero-order valence-electron chi connectivity index (χ0n) is 11.1. The number of nitrogens with one attached hydrogen (secondary N) is 1. The van der Waals surface area contributed by atoms with E-state index < -0.39 is 0 Å². The van der Waals surface area contributed by atoms with Gasteiger partial charge in [-0.15, -0.1) is 0 Å². The minimum Gasteiger partial charge on any atom is -0.324 e. The molecule has 0 aliphatic heterocycles. The molecule has 0 aliphatic rings. The monoisotopic (exact) mass is 272 g/mol. The van der Waals surface area contributed by atoms with Crippen LogP contribution in [0, 0.1) is 11.7 Å². The number of hydrogen-bond donors (Lipinski definition) is 1. The van der Waals surface area contributed by atoms with Crippen molar-refractivity contribution in [2.75, 3.05) is 0 Å². The summed E-state index contributed by atoms with van der Waals surface area (Å²) in [6, 6.07) is 6.28. The first-order valence-corrected chi connectivity index (χ1v) is 6.97. The Balaban J connectivity index is 2.44. The molecular formula is C14H16N4S. The van der Waals surface area contributed by atoms with Crippen LogP contribution in [-0.4, -0.2) is 19.7 Å². The summed E-state index contributed by atoms with van der Waals surface area (Å²) in [7, 11) is 0. The Kier molecular flexibility index (Phi) is 3.06. The molecule has 98 valence electrons. The largest absolute Gasteiger partial charge is 0.324 e. The zero-order valence-corrected chi connectivity index (χ0v) is 11.9. The van der Waals surface area contributed by atoms with Gasteiger partial charge in [-0.2, -0.15) is 10.1 Å². The fraction of sp³-hybridized carbons (Fsp3) is 0.357. The van der Waals surface area contributed by atoms with Gasteiger partial charge in [-0.3, -0.25) is 5.10 Å². The van der Waals surface area contributed by atoms with E-state index in [1.807, 2.05) is 0 Å². The number of H-pyrrole nitrogens is 1. The van der Waals surface area contributed by atoms with Gasteiger partial charge in [0.2, 0.25) is 4.77 Å². The van der Waals surface area contributed by atoms with Crippen LogP contribution >= 0.6 is 12.2 Å². The number of nitrogens with zero attached hydrogens (tertiary/aromatic N) is 3. The third kappa shape index (κ3) is 1.94. The van der Waals surface area contributed by atoms with E-state index in [2.05, 4.69) is 51.8 Å². The SMILES string of the molecule is CCCCn1c2nc(=S)[nH]nc2c2cccc(C)c21. The van der Waals surface area contributed by atoms with Crippen LogP contribution < -0.4 is 0 Å². The Labute approximate surface area is 116 Å². The van der Waals surface area contributed by atoms with E-state index >= 15 is 0 Å². The van der Waals surface area contributed by atoms with Gasteiger partial charge in [0.15, 0.2) is 5.65 Å². The van der Waals surface area contributed by atoms with Gasteiger partial charge in [-0.05, 0) is 31.1 Å². The van der Waals surface area contributed by atoms with Crippen LogP contribution in [0.2, 0.25) is 0 Å². The minimum absolute atomic E-state index is 0.436. The number of fused-ring (bicyclic) bond motifs is 3. The predicted molar refractivity (Wildman–Crippen MR) is 79.9 cm³/mol. The maximum Gasteiger partial charge on any atom is 0.215 e. The molecule has 4 nitrogen and oxygen atoms in total. The summed E-state index contributed by atoms with van der Waals surface area (Å²) in [5.41, 5.74) is 4.27. The molecule has 0 saturated carbocycles. The summed E-state index contributed by atoms with van der Waals surface area (Å²) in [6.07, 6.45) is 2.28. The summed E-state index contributed by atoms with van der Waals surface area (Å²) in [5.74, 6) is 0. The van der Waals surface area contributed by atoms with Crippen LogP contribution in [-0.2, 0) is 6.54 Å². The summed E-state index contributed by atoms with van der Waals surface area (Å²) >= 11 is 5.11. The van der Waals surface area contributed by atoms with Crippen molar-refractivity contribution in [1.29, 1.82) is 0 Å². The quantitative estimate of drug-likeness (QED) is 0.739. The molecule has 3 rings (SSSR count). The Morgan fingerprint density at radius 2 is 2.21 bits per heavy atom. The van der Waals surface area contributed by atoms with Gasteiger partial charge in [0.25, 0.3) is 0 Å². The molecular weight excluding hydrogens is 256 g/mol. The molecule has 0 atom stereocenters. The smallest absolute Gasteiger partial charge is 0.215 e. The second-order valence-electron chi connectivity index (χ2n) is 4.79. The van der Waals surface area contributed by atoms with Crippen molar-refractivity contribution in [1.82, 2.24) is 19.7 Å². The van der Waals surface area contributed by atoms with Gasteiger partial charge in [0.1, 0.15) is 5.52 Å². The molecule has 5 heteroatoms. The molecule has 0 spiro atoms. The number of unbranched alkanes of at least 4 members (excludes halogenated alkanes) is 1. The molecule has 2 heterocycles. The second-order valence-corrected chi connectivity index (χ2v) is 5.18. The van der Waals surface area contributed by atoms with E-state index in [1.165, 1.54) is 11.1 Å². The summed E-state index contributed by atoms with van der Waals surface area (Å²) in [6.45, 7) is 5.27. The van der Waals surface area contributed by atoms with Crippen LogP contribution in [0.4, 0.5) is 0 Å². The molecule has 0 amide bonds. The third-order valence-electron chi connectivity index (χ3n) is 3.44. The van der Waals surface area contributed by atoms with Crippen molar-refractivity contribution >= 4 is 34.3 Å². The Morgan fingerprint density at radius 3 is 3.00 bits per heavy atom. The van der Waals surface area contributed by atoms with Crippen molar-refractivity contribution in [2.24, 2.45) is 0 Å². The molecule has 1 aromatic carbocycles. The highest BCUT2D eigenvalue weighted by Gasteiger charge is 2.14. The lowest BCUT2D eigenvalue weighted by molar-refractivity contribution is 0.658. The van der Waals surface area contributed by atoms with Crippen LogP contribution in [0.3, 0.4) is 0 Å². The summed E-state index contributed by atoms with van der Waals surface area (Å²) in [5, 5.41) is 8.31. The Hall–Kier alpha value is -1.75. The standard InChI is InChI=1S/C14H16N4S/c1-3-4-8-18-12-9(2)6-5-7-10(12)11-13(18)15-14(19)17-16-11/h5-7H,3-4,8H2,1-2H3,(H,15,17,19). The molecule has 0 fully saturated rings. The van der Waals surface area contributed by atoms with Gasteiger partial charge >= 0.3 is 0 Å². The van der Waals surface area contributed by atoms with Crippen molar-refractivity contribution in [3.63, 3.8) is 0 Å². The minimum atomic E-state index is 0.436. The van der Waals surface area contributed by atoms with Gasteiger partial charge in [0, 0.05) is 11.9 Å². The Bertz CT molecular complexity index is 800. The first-order valence-electron chi connectivity index (χ1n) is 6.56. The highest BCUT2D eigenvalue weighted by Crippen LogP contribution is 2.28. The van der Waals surface area contributed by atoms with Gasteiger partial charge in [-0.1, -0.05) is 31.5 Å². The predicted octanol–water partition coefficient (Wildman–Crippen LogP) is 3.75.